The first kappa shape index (κ1) is 36.2. The molecular formula is C39H54ClN3O5SSi. The first-order chi connectivity index (χ1) is 23.6. The molecule has 3 unspecified atom stereocenters. The van der Waals surface area contributed by atoms with E-state index >= 15 is 0 Å². The van der Waals surface area contributed by atoms with Crippen molar-refractivity contribution in [2.75, 3.05) is 31.2 Å². The van der Waals surface area contributed by atoms with Gasteiger partial charge in [0, 0.05) is 58.6 Å². The lowest BCUT2D eigenvalue weighted by molar-refractivity contribution is -0.168. The molecule has 8 nitrogen and oxygen atoms in total. The maximum absolute atomic E-state index is 13.7. The van der Waals surface area contributed by atoms with Crippen LogP contribution in [-0.2, 0) is 25.2 Å². The summed E-state index contributed by atoms with van der Waals surface area (Å²) in [5, 5.41) is 0.903. The van der Waals surface area contributed by atoms with Crippen molar-refractivity contribution >= 4 is 53.3 Å². The summed E-state index contributed by atoms with van der Waals surface area (Å²) >= 11 is 8.72. The summed E-state index contributed by atoms with van der Waals surface area (Å²) in [5.41, 5.74) is 5.27. The van der Waals surface area contributed by atoms with Gasteiger partial charge in [-0.1, -0.05) is 32.4 Å². The van der Waals surface area contributed by atoms with Gasteiger partial charge in [0.25, 0.3) is 0 Å². The van der Waals surface area contributed by atoms with Crippen LogP contribution in [0.3, 0.4) is 0 Å². The Bertz CT molecular complexity index is 1730. The van der Waals surface area contributed by atoms with Crippen molar-refractivity contribution in [3.8, 4) is 11.1 Å². The number of nitrogens with zero attached hydrogens (tertiary/aromatic N) is 3. The number of aromatic nitrogens is 1. The molecule has 0 N–H and O–H groups in total. The number of rotatable bonds is 8. The largest absolute Gasteiger partial charge is 0.444 e. The number of ether oxygens (including phenoxy) is 3. The van der Waals surface area contributed by atoms with Crippen molar-refractivity contribution in [1.29, 1.82) is 0 Å². The summed E-state index contributed by atoms with van der Waals surface area (Å²) in [6, 6.07) is 8.66. The fraction of sp³-hybridized carbons (Fsp3) is 0.641. The molecule has 1 aromatic carbocycles. The van der Waals surface area contributed by atoms with Crippen LogP contribution in [-0.4, -0.2) is 74.6 Å². The van der Waals surface area contributed by atoms with Gasteiger partial charge in [0.15, 0.2) is 14.6 Å². The molecule has 4 aliphatic rings. The summed E-state index contributed by atoms with van der Waals surface area (Å²) in [6.45, 7) is 20.5. The molecule has 1 saturated carbocycles. The van der Waals surface area contributed by atoms with Gasteiger partial charge in [0.05, 0.1) is 29.5 Å². The fourth-order valence-electron chi connectivity index (χ4n) is 7.55. The normalized spacial score (nSPS) is 25.5. The molecule has 7 rings (SSSR count). The Hall–Kier alpha value is -2.21. The number of benzene rings is 1. The monoisotopic (exact) mass is 739 g/mol. The average molecular weight is 740 g/mol. The number of pyridine rings is 1. The van der Waals surface area contributed by atoms with Crippen LogP contribution in [0, 0.1) is 5.92 Å². The highest BCUT2D eigenvalue weighted by Crippen LogP contribution is 2.59. The lowest BCUT2D eigenvalue weighted by Gasteiger charge is -2.38. The Morgan fingerprint density at radius 2 is 1.88 bits per heavy atom. The minimum absolute atomic E-state index is 0.107. The maximum atomic E-state index is 13.7. The van der Waals surface area contributed by atoms with E-state index in [0.29, 0.717) is 31.6 Å². The van der Waals surface area contributed by atoms with Crippen molar-refractivity contribution in [2.24, 2.45) is 5.92 Å². The third-order valence-electron chi connectivity index (χ3n) is 11.4. The first-order valence-corrected chi connectivity index (χ1v) is 22.5. The highest BCUT2D eigenvalue weighted by Gasteiger charge is 2.50. The minimum atomic E-state index is -1.91. The Morgan fingerprint density at radius 3 is 2.60 bits per heavy atom. The van der Waals surface area contributed by atoms with E-state index in [2.05, 4.69) is 63.0 Å². The number of hydrogen-bond acceptors (Lipinski definition) is 8. The van der Waals surface area contributed by atoms with Crippen LogP contribution in [0.2, 0.25) is 23.2 Å². The second kappa shape index (κ2) is 13.6. The van der Waals surface area contributed by atoms with Crippen LogP contribution in [0.25, 0.3) is 21.3 Å². The molecule has 11 heteroatoms. The number of hydrogen-bond donors (Lipinski definition) is 0. The summed E-state index contributed by atoms with van der Waals surface area (Å²) < 4.78 is 25.9. The molecule has 1 amide bonds. The second-order valence-electron chi connectivity index (χ2n) is 17.3. The molecular weight excluding hydrogens is 686 g/mol. The van der Waals surface area contributed by atoms with Gasteiger partial charge in [-0.15, -0.1) is 11.3 Å². The molecule has 5 heterocycles. The number of likely N-dealkylation sites (tertiary alicyclic amines) is 1. The zero-order valence-corrected chi connectivity index (χ0v) is 33.6. The van der Waals surface area contributed by atoms with Gasteiger partial charge >= 0.3 is 6.09 Å². The Morgan fingerprint density at radius 1 is 1.08 bits per heavy atom. The van der Waals surface area contributed by atoms with Gasteiger partial charge in [-0.2, -0.15) is 0 Å². The SMILES string of the molecule is CC(C)(C)OC(=O)N1C[C@@H](N2CC3CC3c3cc(Cl)cc(-c4ccnc5cc(CO[Si](C)(C)C(C)(C)C)sc45)c32)C[C@@H]1COC1CCCCO1. The summed E-state index contributed by atoms with van der Waals surface area (Å²) in [4.78, 5) is 24.2. The number of carbonyl (C=O) groups excluding carboxylic acids is 1. The van der Waals surface area contributed by atoms with Crippen molar-refractivity contribution in [2.45, 2.75) is 128 Å². The molecule has 2 saturated heterocycles. The molecule has 3 aromatic rings. The van der Waals surface area contributed by atoms with E-state index in [1.165, 1.54) is 16.1 Å². The summed E-state index contributed by atoms with van der Waals surface area (Å²) in [6.07, 6.45) is 6.45. The van der Waals surface area contributed by atoms with Crippen LogP contribution in [0.15, 0.2) is 30.5 Å². The van der Waals surface area contributed by atoms with E-state index in [0.717, 1.165) is 71.6 Å². The van der Waals surface area contributed by atoms with Crippen LogP contribution < -0.4 is 4.90 Å². The lowest BCUT2D eigenvalue weighted by atomic mass is 9.92. The van der Waals surface area contributed by atoms with Gasteiger partial charge < -0.3 is 28.4 Å². The number of fused-ring (bicyclic) bond motifs is 4. The summed E-state index contributed by atoms with van der Waals surface area (Å²) in [7, 11) is -1.91. The molecule has 3 fully saturated rings. The zero-order valence-electron chi connectivity index (χ0n) is 31.0. The number of anilines is 1. The standard InChI is InChI=1S/C39H54ClN3O5SSi/c1-38(2,3)48-37(44)43-21-26(18-27(43)22-46-34-11-9-10-14-45-34)42-20-24-15-30(24)32-17-25(40)16-31(35(32)42)29-12-13-41-33-19-28(49-36(29)33)23-47-50(7,8)39(4,5)6/h12-13,16-17,19,24,26-27,30,34H,9-11,14-15,18,20-23H2,1-8H3/t24?,26-,27+,30?,34?/m0/s1. The third-order valence-corrected chi connectivity index (χ3v) is 17.2. The van der Waals surface area contributed by atoms with Crippen LogP contribution in [0.4, 0.5) is 10.5 Å². The Balaban J connectivity index is 1.22. The fourth-order valence-corrected chi connectivity index (χ4v) is 9.89. The molecule has 3 aliphatic heterocycles. The topological polar surface area (TPSA) is 73.4 Å². The number of amides is 1. The highest BCUT2D eigenvalue weighted by molar-refractivity contribution is 7.19. The van der Waals surface area contributed by atoms with Gasteiger partial charge in [-0.05, 0) is 113 Å². The van der Waals surface area contributed by atoms with E-state index < -0.39 is 13.9 Å². The van der Waals surface area contributed by atoms with Gasteiger partial charge in [0.2, 0.25) is 0 Å². The molecule has 272 valence electrons. The highest BCUT2D eigenvalue weighted by atomic mass is 35.5. The molecule has 0 radical (unpaired) electrons. The lowest BCUT2D eigenvalue weighted by Crippen LogP contribution is -2.44. The van der Waals surface area contributed by atoms with Gasteiger partial charge in [-0.25, -0.2) is 4.79 Å². The van der Waals surface area contributed by atoms with Gasteiger partial charge in [-0.3, -0.25) is 4.98 Å². The quantitative estimate of drug-likeness (QED) is 0.213. The van der Waals surface area contributed by atoms with Crippen molar-refractivity contribution in [1.82, 2.24) is 9.88 Å². The van der Waals surface area contributed by atoms with Crippen LogP contribution >= 0.6 is 22.9 Å². The van der Waals surface area contributed by atoms with Crippen LogP contribution in [0.5, 0.6) is 0 Å². The predicted molar refractivity (Wildman–Crippen MR) is 205 cm³/mol. The molecule has 2 aromatic heterocycles. The zero-order chi connectivity index (χ0) is 35.6. The average Bonchev–Trinajstić information content (AvgIpc) is 3.51. The van der Waals surface area contributed by atoms with E-state index in [-0.39, 0.29) is 29.5 Å². The van der Waals surface area contributed by atoms with Gasteiger partial charge in [0.1, 0.15) is 5.60 Å². The minimum Gasteiger partial charge on any atom is -0.444 e. The predicted octanol–water partition coefficient (Wildman–Crippen LogP) is 9.98. The van der Waals surface area contributed by atoms with Crippen molar-refractivity contribution < 1.29 is 23.4 Å². The molecule has 0 spiro atoms. The van der Waals surface area contributed by atoms with Crippen molar-refractivity contribution in [3.63, 3.8) is 0 Å². The summed E-state index contributed by atoms with van der Waals surface area (Å²) in [5.74, 6) is 1.10. The van der Waals surface area contributed by atoms with E-state index in [1.807, 2.05) is 31.9 Å². The molecule has 0 bridgehead atoms. The molecule has 1 aliphatic carbocycles. The second-order valence-corrected chi connectivity index (χ2v) is 23.7. The third kappa shape index (κ3) is 7.48. The molecule has 5 atom stereocenters. The first-order valence-electron chi connectivity index (χ1n) is 18.4. The Labute approximate surface area is 307 Å². The van der Waals surface area contributed by atoms with Crippen LogP contribution in [0.1, 0.15) is 90.0 Å². The van der Waals surface area contributed by atoms with E-state index in [1.54, 1.807) is 11.3 Å². The number of carbonyl (C=O) groups is 1. The molecule has 50 heavy (non-hydrogen) atoms. The maximum Gasteiger partial charge on any atom is 0.410 e. The number of thiophene rings is 1. The van der Waals surface area contributed by atoms with E-state index in [4.69, 9.17) is 35.2 Å². The Kier molecular flexibility index (Phi) is 9.87. The van der Waals surface area contributed by atoms with Crippen molar-refractivity contribution in [3.05, 3.63) is 45.9 Å². The smallest absolute Gasteiger partial charge is 0.410 e. The van der Waals surface area contributed by atoms with E-state index in [9.17, 15) is 4.79 Å². The number of halogens is 1.